The number of sulfonamides is 1. The van der Waals surface area contributed by atoms with Crippen LogP contribution in [-0.2, 0) is 16.6 Å². The van der Waals surface area contributed by atoms with Crippen molar-refractivity contribution in [2.24, 2.45) is 0 Å². The minimum Gasteiger partial charge on any atom is -0.266 e. The van der Waals surface area contributed by atoms with E-state index < -0.39 is 15.9 Å². The summed E-state index contributed by atoms with van der Waals surface area (Å²) in [5.74, 6) is -0.899. The predicted octanol–water partition coefficient (Wildman–Crippen LogP) is 1.02. The lowest BCUT2D eigenvalue weighted by atomic mass is 10.1. The van der Waals surface area contributed by atoms with E-state index in [9.17, 15) is 13.2 Å². The number of aryl methyl sites for hydroxylation is 1. The van der Waals surface area contributed by atoms with Crippen LogP contribution in [0.4, 0.5) is 0 Å². The highest BCUT2D eigenvalue weighted by Crippen LogP contribution is 2.15. The van der Waals surface area contributed by atoms with Crippen molar-refractivity contribution in [3.8, 4) is 6.07 Å². The van der Waals surface area contributed by atoms with Crippen molar-refractivity contribution in [3.05, 3.63) is 71.3 Å². The number of rotatable bonds is 5. The number of amides is 1. The number of nitrogens with zero attached hydrogens (tertiary/aromatic N) is 5. The zero-order valence-electron chi connectivity index (χ0n) is 14.2. The van der Waals surface area contributed by atoms with Crippen LogP contribution in [0, 0.1) is 18.3 Å². The van der Waals surface area contributed by atoms with Gasteiger partial charge in [0, 0.05) is 6.20 Å². The zero-order valence-corrected chi connectivity index (χ0v) is 15.0. The van der Waals surface area contributed by atoms with E-state index in [-0.39, 0.29) is 10.6 Å². The highest BCUT2D eigenvalue weighted by Gasteiger charge is 2.21. The summed E-state index contributed by atoms with van der Waals surface area (Å²) in [4.78, 5) is 16.3. The molecule has 0 radical (unpaired) electrons. The van der Waals surface area contributed by atoms with Crippen LogP contribution in [0.5, 0.6) is 0 Å². The van der Waals surface area contributed by atoms with Crippen molar-refractivity contribution in [1.82, 2.24) is 24.7 Å². The van der Waals surface area contributed by atoms with Crippen molar-refractivity contribution >= 4 is 15.9 Å². The maximum absolute atomic E-state index is 12.4. The lowest BCUT2D eigenvalue weighted by Gasteiger charge is -2.06. The minimum atomic E-state index is -4.10. The molecule has 0 saturated carbocycles. The molecule has 27 heavy (non-hydrogen) atoms. The summed E-state index contributed by atoms with van der Waals surface area (Å²) < 4.78 is 28.1. The van der Waals surface area contributed by atoms with Gasteiger partial charge in [-0.25, -0.2) is 17.8 Å². The Morgan fingerprint density at radius 3 is 2.78 bits per heavy atom. The molecule has 0 fully saturated rings. The standard InChI is InChI=1S/C17H14N6O3S/c1-12-8-15(6-5-13(12)9-18)27(25,26)21-17(24)16-11-23(22-20-16)10-14-4-2-3-7-19-14/h2-8,11H,10H2,1H3,(H,21,24). The van der Waals surface area contributed by atoms with E-state index in [0.717, 1.165) is 5.69 Å². The SMILES string of the molecule is Cc1cc(S(=O)(=O)NC(=O)c2cn(Cc3ccccn3)nn2)ccc1C#N. The number of benzene rings is 1. The van der Waals surface area contributed by atoms with E-state index in [4.69, 9.17) is 5.26 Å². The molecule has 0 spiro atoms. The van der Waals surface area contributed by atoms with Crippen LogP contribution in [0.15, 0.2) is 53.7 Å². The Bertz CT molecular complexity index is 1130. The molecule has 1 aromatic carbocycles. The molecule has 0 saturated heterocycles. The molecule has 3 rings (SSSR count). The van der Waals surface area contributed by atoms with Gasteiger partial charge in [-0.2, -0.15) is 5.26 Å². The fraction of sp³-hybridized carbons (Fsp3) is 0.118. The molecular formula is C17H14N6O3S. The van der Waals surface area contributed by atoms with Crippen LogP contribution in [0.3, 0.4) is 0 Å². The molecule has 0 unspecified atom stereocenters. The summed E-state index contributed by atoms with van der Waals surface area (Å²) in [6.45, 7) is 1.91. The largest absolute Gasteiger partial charge is 0.287 e. The fourth-order valence-electron chi connectivity index (χ4n) is 2.30. The van der Waals surface area contributed by atoms with Gasteiger partial charge in [-0.05, 0) is 42.8 Å². The number of aromatic nitrogens is 4. The summed E-state index contributed by atoms with van der Waals surface area (Å²) in [7, 11) is -4.10. The van der Waals surface area contributed by atoms with Gasteiger partial charge in [-0.15, -0.1) is 5.10 Å². The van der Waals surface area contributed by atoms with Crippen molar-refractivity contribution < 1.29 is 13.2 Å². The van der Waals surface area contributed by atoms with Crippen LogP contribution in [0.1, 0.15) is 27.3 Å². The third-order valence-electron chi connectivity index (χ3n) is 3.68. The van der Waals surface area contributed by atoms with Gasteiger partial charge >= 0.3 is 0 Å². The molecule has 1 N–H and O–H groups in total. The minimum absolute atomic E-state index is 0.117. The monoisotopic (exact) mass is 382 g/mol. The van der Waals surface area contributed by atoms with Gasteiger partial charge in [0.05, 0.1) is 35.0 Å². The van der Waals surface area contributed by atoms with E-state index in [1.807, 2.05) is 16.9 Å². The maximum atomic E-state index is 12.4. The van der Waals surface area contributed by atoms with Crippen LogP contribution in [0.25, 0.3) is 0 Å². The highest BCUT2D eigenvalue weighted by atomic mass is 32.2. The smallest absolute Gasteiger partial charge is 0.266 e. The van der Waals surface area contributed by atoms with Crippen LogP contribution < -0.4 is 4.72 Å². The molecule has 0 aliphatic heterocycles. The van der Waals surface area contributed by atoms with Crippen molar-refractivity contribution in [2.45, 2.75) is 18.4 Å². The molecule has 0 aliphatic carbocycles. The number of carbonyl (C=O) groups is 1. The van der Waals surface area contributed by atoms with Crippen LogP contribution in [0.2, 0.25) is 0 Å². The van der Waals surface area contributed by atoms with E-state index in [0.29, 0.717) is 17.7 Å². The average molecular weight is 382 g/mol. The summed E-state index contributed by atoms with van der Waals surface area (Å²) in [6.07, 6.45) is 2.97. The number of hydrogen-bond donors (Lipinski definition) is 1. The zero-order chi connectivity index (χ0) is 19.4. The summed E-state index contributed by atoms with van der Waals surface area (Å²) in [6, 6.07) is 11.3. The third-order valence-corrected chi connectivity index (χ3v) is 5.01. The number of nitrogens with one attached hydrogen (secondary N) is 1. The maximum Gasteiger partial charge on any atom is 0.287 e. The van der Waals surface area contributed by atoms with Gasteiger partial charge < -0.3 is 0 Å². The molecule has 1 amide bonds. The second kappa shape index (κ2) is 7.35. The van der Waals surface area contributed by atoms with E-state index in [1.54, 1.807) is 25.3 Å². The van der Waals surface area contributed by atoms with Gasteiger partial charge in [-0.3, -0.25) is 9.78 Å². The first-order chi connectivity index (χ1) is 12.9. The molecule has 2 aromatic heterocycles. The first kappa shape index (κ1) is 18.2. The van der Waals surface area contributed by atoms with Crippen molar-refractivity contribution in [1.29, 1.82) is 5.26 Å². The second-order valence-corrected chi connectivity index (χ2v) is 7.33. The Labute approximate surface area is 155 Å². The normalized spacial score (nSPS) is 11.0. The van der Waals surface area contributed by atoms with Crippen LogP contribution in [-0.4, -0.2) is 34.3 Å². The van der Waals surface area contributed by atoms with Crippen molar-refractivity contribution in [2.75, 3.05) is 0 Å². The molecule has 2 heterocycles. The first-order valence-corrected chi connectivity index (χ1v) is 9.25. The third kappa shape index (κ3) is 4.16. The summed E-state index contributed by atoms with van der Waals surface area (Å²) in [5.41, 5.74) is 1.43. The molecule has 0 atom stereocenters. The number of nitriles is 1. The van der Waals surface area contributed by atoms with Gasteiger partial charge in [0.2, 0.25) is 0 Å². The Morgan fingerprint density at radius 2 is 2.11 bits per heavy atom. The summed E-state index contributed by atoms with van der Waals surface area (Å²) >= 11 is 0. The van der Waals surface area contributed by atoms with E-state index in [1.165, 1.54) is 29.1 Å². The fourth-order valence-corrected chi connectivity index (χ4v) is 3.34. The van der Waals surface area contributed by atoms with E-state index >= 15 is 0 Å². The predicted molar refractivity (Wildman–Crippen MR) is 93.9 cm³/mol. The average Bonchev–Trinajstić information content (AvgIpc) is 3.11. The van der Waals surface area contributed by atoms with Gasteiger partial charge in [0.15, 0.2) is 5.69 Å². The topological polar surface area (TPSA) is 131 Å². The lowest BCUT2D eigenvalue weighted by Crippen LogP contribution is -2.31. The Hall–Kier alpha value is -3.58. The van der Waals surface area contributed by atoms with Crippen molar-refractivity contribution in [3.63, 3.8) is 0 Å². The first-order valence-electron chi connectivity index (χ1n) is 7.77. The molecule has 10 heteroatoms. The molecule has 0 aliphatic rings. The summed E-state index contributed by atoms with van der Waals surface area (Å²) in [5, 5.41) is 16.4. The highest BCUT2D eigenvalue weighted by molar-refractivity contribution is 7.90. The number of hydrogen-bond acceptors (Lipinski definition) is 7. The number of pyridine rings is 1. The molecular weight excluding hydrogens is 368 g/mol. The Kier molecular flexibility index (Phi) is 4.96. The van der Waals surface area contributed by atoms with Crippen LogP contribution >= 0.6 is 0 Å². The number of carbonyl (C=O) groups excluding carboxylic acids is 1. The van der Waals surface area contributed by atoms with E-state index in [2.05, 4.69) is 15.3 Å². The molecule has 3 aromatic rings. The molecule has 0 bridgehead atoms. The molecule has 9 nitrogen and oxygen atoms in total. The Morgan fingerprint density at radius 1 is 1.30 bits per heavy atom. The van der Waals surface area contributed by atoms with Gasteiger partial charge in [0.1, 0.15) is 0 Å². The Balaban J connectivity index is 1.75. The lowest BCUT2D eigenvalue weighted by molar-refractivity contribution is 0.0976. The van der Waals surface area contributed by atoms with Gasteiger partial charge in [0.25, 0.3) is 15.9 Å². The molecule has 136 valence electrons. The quantitative estimate of drug-likeness (QED) is 0.697. The second-order valence-electron chi connectivity index (χ2n) is 5.65. The van der Waals surface area contributed by atoms with Gasteiger partial charge in [-0.1, -0.05) is 11.3 Å².